The molecule has 0 saturated heterocycles. The predicted octanol–water partition coefficient (Wildman–Crippen LogP) is 23.5. The number of phosphoric acid groups is 2. The largest absolute Gasteiger partial charge is 0.472 e. The van der Waals surface area contributed by atoms with E-state index in [4.69, 9.17) is 37.0 Å². The topological polar surface area (TPSA) is 237 Å². The maximum atomic E-state index is 13.1. The Morgan fingerprint density at radius 1 is 0.280 bits per heavy atom. The SMILES string of the molecule is CCCCC/C=C\C/C=C\C/C=C\C/C=C\CCCC(=O)OC[C@H](COP(=O)(O)OC[C@@H](O)COP(=O)(O)OC[C@@H](COC(=O)CCCCCCC/C=C\CCCCCCCC)OC(=O)CCCCCCCCCCCCCCCCC)OC(=O)CCCCCCCCCCCCCCC. The lowest BCUT2D eigenvalue weighted by atomic mass is 10.0. The van der Waals surface area contributed by atoms with E-state index in [9.17, 15) is 43.2 Å². The second-order valence-electron chi connectivity index (χ2n) is 27.4. The smallest absolute Gasteiger partial charge is 0.462 e. The molecule has 0 spiro atoms. The van der Waals surface area contributed by atoms with Crippen molar-refractivity contribution in [3.05, 3.63) is 60.8 Å². The molecule has 0 rings (SSSR count). The second-order valence-corrected chi connectivity index (χ2v) is 30.3. The minimum absolute atomic E-state index is 0.0896. The summed E-state index contributed by atoms with van der Waals surface area (Å²) >= 11 is 0. The van der Waals surface area contributed by atoms with Crippen LogP contribution in [0.25, 0.3) is 0 Å². The molecule has 0 bridgehead atoms. The number of carbonyl (C=O) groups excluding carboxylic acids is 4. The summed E-state index contributed by atoms with van der Waals surface area (Å²) in [7, 11) is -9.95. The molecule has 17 nitrogen and oxygen atoms in total. The maximum Gasteiger partial charge on any atom is 0.472 e. The van der Waals surface area contributed by atoms with E-state index in [0.29, 0.717) is 32.1 Å². The van der Waals surface area contributed by atoms with E-state index in [2.05, 4.69) is 76.3 Å². The van der Waals surface area contributed by atoms with Gasteiger partial charge in [0.25, 0.3) is 0 Å². The summed E-state index contributed by atoms with van der Waals surface area (Å²) in [6, 6.07) is 0. The van der Waals surface area contributed by atoms with Gasteiger partial charge in [0, 0.05) is 25.7 Å². The first-order valence-corrected chi connectivity index (χ1v) is 43.5. The molecule has 0 aromatic heterocycles. The van der Waals surface area contributed by atoms with E-state index in [1.54, 1.807) is 0 Å². The van der Waals surface area contributed by atoms with Crippen LogP contribution in [0.5, 0.6) is 0 Å². The molecular formula is C81H148O17P2. The first-order valence-electron chi connectivity index (χ1n) is 40.5. The molecule has 0 aliphatic heterocycles. The summed E-state index contributed by atoms with van der Waals surface area (Å²) in [5.74, 6) is -2.21. The van der Waals surface area contributed by atoms with Gasteiger partial charge in [-0.05, 0) is 89.9 Å². The van der Waals surface area contributed by atoms with E-state index >= 15 is 0 Å². The molecule has 0 aliphatic rings. The summed E-state index contributed by atoms with van der Waals surface area (Å²) in [6.45, 7) is 4.85. The molecule has 2 unspecified atom stereocenters. The highest BCUT2D eigenvalue weighted by molar-refractivity contribution is 7.47. The number of ether oxygens (including phenoxy) is 4. The van der Waals surface area contributed by atoms with Crippen LogP contribution in [-0.2, 0) is 65.4 Å². The minimum atomic E-state index is -4.98. The van der Waals surface area contributed by atoms with Gasteiger partial charge in [0.2, 0.25) is 0 Å². The van der Waals surface area contributed by atoms with Crippen LogP contribution in [0.3, 0.4) is 0 Å². The Hall–Kier alpha value is -3.24. The van der Waals surface area contributed by atoms with E-state index < -0.39 is 97.5 Å². The quantitative estimate of drug-likeness (QED) is 0.0169. The zero-order valence-electron chi connectivity index (χ0n) is 63.9. The van der Waals surface area contributed by atoms with Gasteiger partial charge in [-0.25, -0.2) is 9.13 Å². The van der Waals surface area contributed by atoms with E-state index in [-0.39, 0.29) is 25.7 Å². The average molecular weight is 1460 g/mol. The second kappa shape index (κ2) is 74.0. The maximum absolute atomic E-state index is 13.1. The summed E-state index contributed by atoms with van der Waals surface area (Å²) in [5.41, 5.74) is 0. The number of aliphatic hydroxyl groups excluding tert-OH is 1. The number of hydrogen-bond donors (Lipinski definition) is 3. The van der Waals surface area contributed by atoms with E-state index in [1.807, 2.05) is 12.2 Å². The number of unbranched alkanes of at least 4 members (excludes halogenated alkanes) is 41. The van der Waals surface area contributed by atoms with Crippen molar-refractivity contribution in [2.45, 2.75) is 393 Å². The van der Waals surface area contributed by atoms with Gasteiger partial charge in [-0.15, -0.1) is 0 Å². The molecule has 0 aromatic carbocycles. The standard InChI is InChI=1S/C81H148O17P2/c1-5-9-13-17-21-25-29-33-36-37-40-43-46-50-54-58-62-66-79(84)92-71-76(97-80(85)67-63-59-55-51-47-41-32-28-24-20-16-12-8-4)73-95-99(87,88)93-69-75(82)70-94-100(89,90)96-74-77(98-81(86)68-64-60-56-52-48-44-39-35-31-27-23-19-15-11-7-3)72-91-78(83)65-61-57-53-49-45-42-38-34-30-26-22-18-14-10-6-2/h21,25,33-34,36,38,40,43,50,54,75-77,82H,5-20,22-24,26-32,35,37,39,41-42,44-49,51-53,55-74H2,1-4H3,(H,87,88)(H,89,90)/b25-21-,36-33-,38-34-,43-40-,54-50-/t75-,76-,77-/m1/s1. The first-order chi connectivity index (χ1) is 48.7. The van der Waals surface area contributed by atoms with Crippen LogP contribution < -0.4 is 0 Å². The lowest BCUT2D eigenvalue weighted by Gasteiger charge is -2.21. The number of phosphoric ester groups is 2. The molecule has 584 valence electrons. The molecule has 19 heteroatoms. The average Bonchev–Trinajstić information content (AvgIpc) is 0.965. The van der Waals surface area contributed by atoms with Crippen molar-refractivity contribution in [1.82, 2.24) is 0 Å². The Labute approximate surface area is 610 Å². The van der Waals surface area contributed by atoms with Crippen LogP contribution in [0.15, 0.2) is 60.8 Å². The predicted molar refractivity (Wildman–Crippen MR) is 409 cm³/mol. The van der Waals surface area contributed by atoms with Crippen molar-refractivity contribution in [3.8, 4) is 0 Å². The molecule has 3 N–H and O–H groups in total. The fourth-order valence-electron chi connectivity index (χ4n) is 11.3. The third kappa shape index (κ3) is 73.1. The fourth-order valence-corrected chi connectivity index (χ4v) is 12.8. The zero-order valence-corrected chi connectivity index (χ0v) is 65.7. The van der Waals surface area contributed by atoms with Crippen molar-refractivity contribution in [2.24, 2.45) is 0 Å². The number of rotatable bonds is 77. The van der Waals surface area contributed by atoms with Gasteiger partial charge < -0.3 is 33.8 Å². The van der Waals surface area contributed by atoms with E-state index in [0.717, 1.165) is 116 Å². The third-order valence-electron chi connectivity index (χ3n) is 17.5. The summed E-state index contributed by atoms with van der Waals surface area (Å²) < 4.78 is 68.6. The van der Waals surface area contributed by atoms with Crippen LogP contribution >= 0.6 is 15.6 Å². The minimum Gasteiger partial charge on any atom is -0.462 e. The summed E-state index contributed by atoms with van der Waals surface area (Å²) in [5, 5.41) is 10.6. The highest BCUT2D eigenvalue weighted by atomic mass is 31.2. The number of aliphatic hydroxyl groups is 1. The van der Waals surface area contributed by atoms with Crippen LogP contribution in [0.2, 0.25) is 0 Å². The molecule has 0 fully saturated rings. The highest BCUT2D eigenvalue weighted by Gasteiger charge is 2.30. The molecule has 0 amide bonds. The monoisotopic (exact) mass is 1460 g/mol. The van der Waals surface area contributed by atoms with Crippen molar-refractivity contribution in [3.63, 3.8) is 0 Å². The molecule has 0 heterocycles. The number of hydrogen-bond acceptors (Lipinski definition) is 15. The molecule has 100 heavy (non-hydrogen) atoms. The first kappa shape index (κ1) is 96.8. The number of esters is 4. The third-order valence-corrected chi connectivity index (χ3v) is 19.4. The van der Waals surface area contributed by atoms with Crippen LogP contribution in [0, 0.1) is 0 Å². The van der Waals surface area contributed by atoms with Gasteiger partial charge in [0.1, 0.15) is 19.3 Å². The Balaban J connectivity index is 5.36. The van der Waals surface area contributed by atoms with Crippen molar-refractivity contribution < 1.29 is 80.2 Å². The molecular weight excluding hydrogens is 1310 g/mol. The zero-order chi connectivity index (χ0) is 73.2. The lowest BCUT2D eigenvalue weighted by Crippen LogP contribution is -2.30. The molecule has 0 aliphatic carbocycles. The van der Waals surface area contributed by atoms with Gasteiger partial charge >= 0.3 is 39.5 Å². The van der Waals surface area contributed by atoms with Gasteiger partial charge in [0.15, 0.2) is 12.2 Å². The van der Waals surface area contributed by atoms with Crippen LogP contribution in [0.1, 0.15) is 374 Å². The molecule has 5 atom stereocenters. The normalized spacial score (nSPS) is 14.2. The van der Waals surface area contributed by atoms with E-state index in [1.165, 1.54) is 173 Å². The Morgan fingerprint density at radius 2 is 0.500 bits per heavy atom. The summed E-state index contributed by atoms with van der Waals surface area (Å²) in [4.78, 5) is 73.0. The molecule has 0 aromatic rings. The molecule has 0 radical (unpaired) electrons. The van der Waals surface area contributed by atoms with Gasteiger partial charge in [-0.3, -0.25) is 37.3 Å². The highest BCUT2D eigenvalue weighted by Crippen LogP contribution is 2.45. The number of allylic oxidation sites excluding steroid dienone is 10. The Kier molecular flexibility index (Phi) is 71.6. The van der Waals surface area contributed by atoms with Gasteiger partial charge in [-0.1, -0.05) is 320 Å². The lowest BCUT2D eigenvalue weighted by molar-refractivity contribution is -0.161. The number of carbonyl (C=O) groups is 4. The van der Waals surface area contributed by atoms with Crippen LogP contribution in [-0.4, -0.2) is 96.7 Å². The van der Waals surface area contributed by atoms with Crippen molar-refractivity contribution >= 4 is 39.5 Å². The summed E-state index contributed by atoms with van der Waals surface area (Å²) in [6.07, 6.45) is 73.4. The van der Waals surface area contributed by atoms with Gasteiger partial charge in [0.05, 0.1) is 26.4 Å². The van der Waals surface area contributed by atoms with Crippen LogP contribution in [0.4, 0.5) is 0 Å². The molecule has 0 saturated carbocycles. The van der Waals surface area contributed by atoms with Gasteiger partial charge in [-0.2, -0.15) is 0 Å². The van der Waals surface area contributed by atoms with Crippen molar-refractivity contribution in [1.29, 1.82) is 0 Å². The fraction of sp³-hybridized carbons (Fsp3) is 0.827. The van der Waals surface area contributed by atoms with Crippen molar-refractivity contribution in [2.75, 3.05) is 39.6 Å². The Bertz CT molecular complexity index is 2130. The Morgan fingerprint density at radius 3 is 0.820 bits per heavy atom.